The smallest absolute Gasteiger partial charge is 0.334 e. The summed E-state index contributed by atoms with van der Waals surface area (Å²) >= 11 is 0. The fourth-order valence-corrected chi connectivity index (χ4v) is 14.8. The number of alkyl halides is 2. The maximum Gasteiger partial charge on any atom is 0.334 e. The van der Waals surface area contributed by atoms with Gasteiger partial charge in [0.1, 0.15) is 41.5 Å². The molecule has 20 heteroatoms. The van der Waals surface area contributed by atoms with Crippen molar-refractivity contribution in [1.29, 1.82) is 5.26 Å². The zero-order chi connectivity index (χ0) is 48.7. The number of piperazine rings is 1. The van der Waals surface area contributed by atoms with Gasteiger partial charge in [-0.2, -0.15) is 5.26 Å². The van der Waals surface area contributed by atoms with E-state index in [0.29, 0.717) is 75.5 Å². The van der Waals surface area contributed by atoms with Crippen molar-refractivity contribution in [3.8, 4) is 11.8 Å². The molecule has 9 atom stereocenters. The normalized spacial score (nSPS) is 33.9. The van der Waals surface area contributed by atoms with Crippen LogP contribution < -0.4 is 10.1 Å². The van der Waals surface area contributed by atoms with Crippen LogP contribution in [0.4, 0.5) is 8.78 Å². The van der Waals surface area contributed by atoms with Crippen molar-refractivity contribution in [2.45, 2.75) is 95.2 Å². The van der Waals surface area contributed by atoms with Crippen molar-refractivity contribution in [3.63, 3.8) is 0 Å². The molecule has 8 aliphatic rings. The van der Waals surface area contributed by atoms with Crippen molar-refractivity contribution in [3.05, 3.63) is 47.2 Å². The number of esters is 2. The number of amides is 3. The fraction of sp³-hybridized carbons (Fsp3) is 0.653. The standard InChI is InChI=1S/C49H58F2N6O10S2/c1-28(2)48-20-35(48)41-49(67-41)45(3)10-8-32-34(23-64-43(32)62)36(45)24-65-46(49,4)44(48)66-40(60)26-69-68-25-39(59)56-15-13-55(14-16-56)12-5-17-63-30-6-7-37-33(18-30)31(9-11-53-37)42(61)54-22-38(58)57-27-47(50,51)19-29(57)21-52/h6-7,9,11,18,28-29,35-36,41,44H,5,8,10,12-17,19-20,22-27H2,1-4H3,(H,54,61)/t29-,35-,36-,41-,44-,45-,46+,48+,49+/m0/s1. The molecule has 1 aromatic carbocycles. The highest BCUT2D eigenvalue weighted by atomic mass is 33.1. The van der Waals surface area contributed by atoms with Crippen LogP contribution >= 0.6 is 21.6 Å². The van der Waals surface area contributed by atoms with Gasteiger partial charge >= 0.3 is 11.9 Å². The van der Waals surface area contributed by atoms with Crippen molar-refractivity contribution < 1.29 is 56.4 Å². The summed E-state index contributed by atoms with van der Waals surface area (Å²) < 4.78 is 59.5. The quantitative estimate of drug-likeness (QED) is 0.111. The predicted octanol–water partition coefficient (Wildman–Crippen LogP) is 4.80. The number of carbonyl (C=O) groups excluding carboxylic acids is 5. The van der Waals surface area contributed by atoms with Crippen molar-refractivity contribution in [2.24, 2.45) is 28.6 Å². The number of nitriles is 1. The molecule has 10 rings (SSSR count). The number of nitrogens with one attached hydrogen (secondary N) is 1. The van der Waals surface area contributed by atoms with Crippen LogP contribution in [0, 0.1) is 39.9 Å². The van der Waals surface area contributed by atoms with Crippen LogP contribution in [0.2, 0.25) is 0 Å². The van der Waals surface area contributed by atoms with E-state index in [0.717, 1.165) is 35.4 Å². The fourth-order valence-electron chi connectivity index (χ4n) is 13.1. The van der Waals surface area contributed by atoms with E-state index < -0.39 is 60.6 Å². The number of fused-ring (bicyclic) bond motifs is 5. The molecule has 3 aliphatic carbocycles. The number of aromatic nitrogens is 1. The number of halogens is 2. The van der Waals surface area contributed by atoms with Crippen LogP contribution in [0.1, 0.15) is 70.2 Å². The maximum atomic E-state index is 13.9. The third kappa shape index (κ3) is 8.06. The molecule has 0 bridgehead atoms. The Bertz CT molecular complexity index is 2540. The predicted molar refractivity (Wildman–Crippen MR) is 249 cm³/mol. The van der Waals surface area contributed by atoms with Gasteiger partial charge in [0.2, 0.25) is 11.8 Å². The van der Waals surface area contributed by atoms with Crippen LogP contribution in [-0.2, 0) is 38.1 Å². The Hall–Kier alpha value is -4.55. The van der Waals surface area contributed by atoms with Crippen molar-refractivity contribution >= 4 is 62.2 Å². The molecule has 4 saturated heterocycles. The van der Waals surface area contributed by atoms with Gasteiger partial charge in [-0.05, 0) is 74.3 Å². The van der Waals surface area contributed by atoms with E-state index in [2.05, 4.69) is 42.9 Å². The molecule has 370 valence electrons. The summed E-state index contributed by atoms with van der Waals surface area (Å²) in [5.41, 5.74) is 0.583. The van der Waals surface area contributed by atoms with Crippen molar-refractivity contribution in [1.82, 2.24) is 25.0 Å². The number of cyclic esters (lactones) is 1. The number of benzene rings is 1. The van der Waals surface area contributed by atoms with Crippen LogP contribution in [0.25, 0.3) is 10.9 Å². The van der Waals surface area contributed by atoms with Gasteiger partial charge in [-0.1, -0.05) is 42.4 Å². The Balaban J connectivity index is 0.652. The van der Waals surface area contributed by atoms with E-state index in [1.165, 1.54) is 33.9 Å². The number of carbonyl (C=O) groups is 5. The molecule has 69 heavy (non-hydrogen) atoms. The number of epoxide rings is 1. The minimum absolute atomic E-state index is 0.00378. The molecule has 1 aromatic heterocycles. The van der Waals surface area contributed by atoms with Gasteiger partial charge in [0.25, 0.3) is 11.8 Å². The van der Waals surface area contributed by atoms with Crippen LogP contribution in [0.15, 0.2) is 41.6 Å². The molecule has 1 N–H and O–H groups in total. The Labute approximate surface area is 407 Å². The Kier molecular flexibility index (Phi) is 12.5. The lowest BCUT2D eigenvalue weighted by Crippen LogP contribution is -2.73. The van der Waals surface area contributed by atoms with Gasteiger partial charge in [-0.25, -0.2) is 13.6 Å². The molecule has 5 aliphatic heterocycles. The van der Waals surface area contributed by atoms with E-state index >= 15 is 0 Å². The summed E-state index contributed by atoms with van der Waals surface area (Å²) in [7, 11) is 2.69. The number of hydrogen-bond donors (Lipinski definition) is 1. The van der Waals surface area contributed by atoms with Crippen LogP contribution in [0.5, 0.6) is 5.75 Å². The van der Waals surface area contributed by atoms with E-state index in [9.17, 15) is 38.0 Å². The number of nitrogens with zero attached hydrogens (tertiary/aromatic N) is 5. The molecule has 0 unspecified atom stereocenters. The summed E-state index contributed by atoms with van der Waals surface area (Å²) in [6, 6.07) is 7.17. The Morgan fingerprint density at radius 1 is 1.06 bits per heavy atom. The number of ether oxygens (including phenoxy) is 5. The minimum atomic E-state index is -3.15. The zero-order valence-electron chi connectivity index (χ0n) is 39.3. The number of likely N-dealkylation sites (tertiary alicyclic amines) is 1. The lowest BCUT2D eigenvalue weighted by atomic mass is 9.49. The Morgan fingerprint density at radius 3 is 2.61 bits per heavy atom. The molecular formula is C49H58F2N6O10S2. The van der Waals surface area contributed by atoms with E-state index in [1.54, 1.807) is 24.3 Å². The summed E-state index contributed by atoms with van der Waals surface area (Å²) in [5.74, 6) is -3.65. The van der Waals surface area contributed by atoms with Crippen LogP contribution in [-0.4, -0.2) is 162 Å². The highest BCUT2D eigenvalue weighted by molar-refractivity contribution is 8.77. The van der Waals surface area contributed by atoms with E-state index in [-0.39, 0.29) is 69.6 Å². The Morgan fingerprint density at radius 2 is 1.84 bits per heavy atom. The minimum Gasteiger partial charge on any atom is -0.494 e. The molecule has 2 saturated carbocycles. The molecule has 1 spiro atoms. The molecule has 6 heterocycles. The van der Waals surface area contributed by atoms with Gasteiger partial charge < -0.3 is 38.8 Å². The van der Waals surface area contributed by atoms with Gasteiger partial charge in [-0.3, -0.25) is 29.1 Å². The first-order valence-corrected chi connectivity index (χ1v) is 26.5. The van der Waals surface area contributed by atoms with Crippen molar-refractivity contribution in [2.75, 3.05) is 77.1 Å². The summed E-state index contributed by atoms with van der Waals surface area (Å²) in [6.45, 7) is 11.9. The lowest BCUT2D eigenvalue weighted by Gasteiger charge is -2.61. The first-order chi connectivity index (χ1) is 33.0. The van der Waals surface area contributed by atoms with Crippen LogP contribution in [0.3, 0.4) is 0 Å². The molecule has 2 aromatic rings. The number of hydrogen-bond acceptors (Lipinski definition) is 15. The molecule has 16 nitrogen and oxygen atoms in total. The third-order valence-corrected chi connectivity index (χ3v) is 18.9. The second-order valence-electron chi connectivity index (χ2n) is 20.6. The molecule has 3 amide bonds. The third-order valence-electron chi connectivity index (χ3n) is 16.8. The second-order valence-corrected chi connectivity index (χ2v) is 23.0. The summed E-state index contributed by atoms with van der Waals surface area (Å²) in [6.07, 6.45) is 3.31. The zero-order valence-corrected chi connectivity index (χ0v) is 40.9. The lowest BCUT2D eigenvalue weighted by molar-refractivity contribution is -0.264. The largest absolute Gasteiger partial charge is 0.494 e. The second kappa shape index (κ2) is 17.9. The number of rotatable bonds is 15. The average molecular weight is 993 g/mol. The molecule has 0 radical (unpaired) electrons. The maximum absolute atomic E-state index is 13.9. The van der Waals surface area contributed by atoms with Gasteiger partial charge in [-0.15, -0.1) is 0 Å². The topological polar surface area (TPSA) is 193 Å². The first-order valence-electron chi connectivity index (χ1n) is 24.0. The molecule has 6 fully saturated rings. The average Bonchev–Trinajstić information content (AvgIpc) is 4.21. The highest BCUT2D eigenvalue weighted by Gasteiger charge is 2.93. The van der Waals surface area contributed by atoms with E-state index in [1.807, 2.05) is 4.90 Å². The highest BCUT2D eigenvalue weighted by Crippen LogP contribution is 2.82. The monoisotopic (exact) mass is 992 g/mol. The van der Waals surface area contributed by atoms with Gasteiger partial charge in [0, 0.05) is 73.0 Å². The molecular weight excluding hydrogens is 935 g/mol. The first kappa shape index (κ1) is 48.1. The summed E-state index contributed by atoms with van der Waals surface area (Å²) in [5, 5.41) is 12.2. The van der Waals surface area contributed by atoms with Gasteiger partial charge in [0.05, 0.1) is 55.3 Å². The SMILES string of the molecule is CC(C)[C@]12C[C@H]1[C@@H]1O[C@@]13[C@@]1(C)CCC4=C(COC4=O)[C@@H]1CO[C@]3(C)[C@@H]2OC(=O)CSSCC(=O)N1CCN(CCCOc2ccc3nccc(C(=O)NCC(=O)N4CC(F)(F)C[C@H]4C#N)c3c2)CC1. The van der Waals surface area contributed by atoms with E-state index in [4.69, 9.17) is 23.7 Å². The van der Waals surface area contributed by atoms with Gasteiger partial charge in [0.15, 0.2) is 0 Å². The summed E-state index contributed by atoms with van der Waals surface area (Å²) in [4.78, 5) is 74.5. The number of pyridine rings is 1.